The normalized spacial score (nSPS) is 28.2. The minimum Gasteiger partial charge on any atom is -0.378 e. The SMILES string of the molecule is O=S1(=O)CC(NCCC2CCCCO2)c2ccccc21. The summed E-state index contributed by atoms with van der Waals surface area (Å²) in [6.07, 6.45) is 4.83. The maximum absolute atomic E-state index is 12.1. The molecule has 1 aromatic rings. The first-order chi connectivity index (χ1) is 9.67. The molecule has 110 valence electrons. The number of benzene rings is 1. The van der Waals surface area contributed by atoms with Crippen molar-refractivity contribution in [2.24, 2.45) is 0 Å². The highest BCUT2D eigenvalue weighted by molar-refractivity contribution is 7.91. The molecular formula is C15H21NO3S. The molecule has 2 aliphatic rings. The van der Waals surface area contributed by atoms with E-state index in [-0.39, 0.29) is 11.8 Å². The molecule has 0 aromatic heterocycles. The quantitative estimate of drug-likeness (QED) is 0.924. The molecule has 1 aromatic carbocycles. The number of nitrogens with one attached hydrogen (secondary N) is 1. The molecule has 2 unspecified atom stereocenters. The Kier molecular flexibility index (Phi) is 4.10. The van der Waals surface area contributed by atoms with Crippen LogP contribution in [0.1, 0.15) is 37.3 Å². The van der Waals surface area contributed by atoms with Crippen LogP contribution < -0.4 is 5.32 Å². The predicted molar refractivity (Wildman–Crippen MR) is 77.4 cm³/mol. The van der Waals surface area contributed by atoms with E-state index >= 15 is 0 Å². The van der Waals surface area contributed by atoms with Crippen molar-refractivity contribution in [2.75, 3.05) is 18.9 Å². The fourth-order valence-corrected chi connectivity index (χ4v) is 4.84. The van der Waals surface area contributed by atoms with E-state index in [1.807, 2.05) is 12.1 Å². The van der Waals surface area contributed by atoms with Gasteiger partial charge in [0.1, 0.15) is 0 Å². The van der Waals surface area contributed by atoms with Crippen molar-refractivity contribution in [1.29, 1.82) is 0 Å². The molecule has 3 rings (SSSR count). The van der Waals surface area contributed by atoms with Crippen LogP contribution in [0.15, 0.2) is 29.2 Å². The molecule has 0 saturated carbocycles. The Labute approximate surface area is 120 Å². The molecule has 0 bridgehead atoms. The summed E-state index contributed by atoms with van der Waals surface area (Å²) in [5.41, 5.74) is 0.914. The van der Waals surface area contributed by atoms with Gasteiger partial charge in [-0.1, -0.05) is 18.2 Å². The maximum Gasteiger partial charge on any atom is 0.180 e. The number of rotatable bonds is 4. The molecule has 0 amide bonds. The van der Waals surface area contributed by atoms with Gasteiger partial charge in [0.15, 0.2) is 9.84 Å². The van der Waals surface area contributed by atoms with E-state index in [4.69, 9.17) is 4.74 Å². The lowest BCUT2D eigenvalue weighted by Crippen LogP contribution is -2.28. The Morgan fingerprint density at radius 3 is 2.90 bits per heavy atom. The van der Waals surface area contributed by atoms with Gasteiger partial charge in [0.25, 0.3) is 0 Å². The third-order valence-corrected chi connectivity index (χ3v) is 5.96. The van der Waals surface area contributed by atoms with Crippen LogP contribution in [0.4, 0.5) is 0 Å². The zero-order valence-corrected chi connectivity index (χ0v) is 12.4. The smallest absolute Gasteiger partial charge is 0.180 e. The van der Waals surface area contributed by atoms with E-state index in [0.29, 0.717) is 11.0 Å². The highest BCUT2D eigenvalue weighted by atomic mass is 32.2. The summed E-state index contributed by atoms with van der Waals surface area (Å²) >= 11 is 0. The van der Waals surface area contributed by atoms with Crippen molar-refractivity contribution in [2.45, 2.75) is 42.7 Å². The van der Waals surface area contributed by atoms with E-state index in [9.17, 15) is 8.42 Å². The summed E-state index contributed by atoms with van der Waals surface area (Å²) in [7, 11) is -3.10. The first-order valence-electron chi connectivity index (χ1n) is 7.33. The topological polar surface area (TPSA) is 55.4 Å². The molecule has 1 N–H and O–H groups in total. The Morgan fingerprint density at radius 2 is 2.10 bits per heavy atom. The molecular weight excluding hydrogens is 274 g/mol. The molecule has 20 heavy (non-hydrogen) atoms. The van der Waals surface area contributed by atoms with Gasteiger partial charge in [0, 0.05) is 12.6 Å². The Balaban J connectivity index is 1.59. The van der Waals surface area contributed by atoms with Crippen LogP contribution in [0.5, 0.6) is 0 Å². The van der Waals surface area contributed by atoms with Crippen LogP contribution in [0.2, 0.25) is 0 Å². The van der Waals surface area contributed by atoms with Gasteiger partial charge in [-0.15, -0.1) is 0 Å². The fourth-order valence-electron chi connectivity index (χ4n) is 3.07. The summed E-state index contributed by atoms with van der Waals surface area (Å²) in [6, 6.07) is 7.23. The Bertz CT molecular complexity index is 564. The lowest BCUT2D eigenvalue weighted by molar-refractivity contribution is 0.0113. The minimum atomic E-state index is -3.10. The van der Waals surface area contributed by atoms with Gasteiger partial charge in [-0.05, 0) is 43.9 Å². The van der Waals surface area contributed by atoms with E-state index < -0.39 is 9.84 Å². The number of ether oxygens (including phenoxy) is 1. The number of hydrogen-bond donors (Lipinski definition) is 1. The molecule has 0 aliphatic carbocycles. The second-order valence-electron chi connectivity index (χ2n) is 5.60. The van der Waals surface area contributed by atoms with E-state index in [1.165, 1.54) is 6.42 Å². The average Bonchev–Trinajstić information content (AvgIpc) is 2.72. The highest BCUT2D eigenvalue weighted by Crippen LogP contribution is 2.32. The zero-order valence-electron chi connectivity index (χ0n) is 11.5. The van der Waals surface area contributed by atoms with Crippen molar-refractivity contribution in [3.05, 3.63) is 29.8 Å². The van der Waals surface area contributed by atoms with E-state index in [0.717, 1.165) is 38.0 Å². The van der Waals surface area contributed by atoms with Gasteiger partial charge < -0.3 is 10.1 Å². The second kappa shape index (κ2) is 5.84. The lowest BCUT2D eigenvalue weighted by atomic mass is 10.1. The first-order valence-corrected chi connectivity index (χ1v) is 8.99. The largest absolute Gasteiger partial charge is 0.378 e. The zero-order chi connectivity index (χ0) is 14.0. The average molecular weight is 295 g/mol. The van der Waals surface area contributed by atoms with Gasteiger partial charge in [-0.3, -0.25) is 0 Å². The predicted octanol–water partition coefficient (Wildman–Crippen LogP) is 2.06. The molecule has 2 heterocycles. The number of fused-ring (bicyclic) bond motifs is 1. The van der Waals surface area contributed by atoms with Gasteiger partial charge in [0.05, 0.1) is 16.8 Å². The summed E-state index contributed by atoms with van der Waals surface area (Å²) in [5, 5.41) is 3.38. The van der Waals surface area contributed by atoms with Gasteiger partial charge in [0.2, 0.25) is 0 Å². The van der Waals surface area contributed by atoms with Crippen LogP contribution in [-0.2, 0) is 14.6 Å². The third kappa shape index (κ3) is 2.90. The molecule has 1 saturated heterocycles. The standard InChI is InChI=1S/C15H21NO3S/c17-20(18)11-14(13-6-1-2-7-15(13)20)16-9-8-12-5-3-4-10-19-12/h1-2,6-7,12,14,16H,3-5,8-11H2. The number of hydrogen-bond acceptors (Lipinski definition) is 4. The van der Waals surface area contributed by atoms with Crippen molar-refractivity contribution >= 4 is 9.84 Å². The summed E-state index contributed by atoms with van der Waals surface area (Å²) < 4.78 is 29.8. The molecule has 2 aliphatic heterocycles. The van der Waals surface area contributed by atoms with Crippen LogP contribution in [-0.4, -0.2) is 33.4 Å². The lowest BCUT2D eigenvalue weighted by Gasteiger charge is -2.23. The van der Waals surface area contributed by atoms with Gasteiger partial charge in [-0.25, -0.2) is 8.42 Å². The maximum atomic E-state index is 12.1. The summed E-state index contributed by atoms with van der Waals surface area (Å²) in [5.74, 6) is 0.178. The van der Waals surface area contributed by atoms with Crippen LogP contribution in [0.3, 0.4) is 0 Å². The van der Waals surface area contributed by atoms with Gasteiger partial charge in [-0.2, -0.15) is 0 Å². The first kappa shape index (κ1) is 14.0. The molecule has 5 heteroatoms. The highest BCUT2D eigenvalue weighted by Gasteiger charge is 2.33. The monoisotopic (exact) mass is 295 g/mol. The molecule has 2 atom stereocenters. The van der Waals surface area contributed by atoms with Gasteiger partial charge >= 0.3 is 0 Å². The molecule has 0 spiro atoms. The minimum absolute atomic E-state index is 0.0696. The summed E-state index contributed by atoms with van der Waals surface area (Å²) in [6.45, 7) is 1.67. The van der Waals surface area contributed by atoms with E-state index in [1.54, 1.807) is 12.1 Å². The Morgan fingerprint density at radius 1 is 1.25 bits per heavy atom. The summed E-state index contributed by atoms with van der Waals surface area (Å²) in [4.78, 5) is 0.492. The third-order valence-electron chi connectivity index (χ3n) is 4.15. The Hall–Kier alpha value is -0.910. The molecule has 0 radical (unpaired) electrons. The van der Waals surface area contributed by atoms with E-state index in [2.05, 4.69) is 5.32 Å². The van der Waals surface area contributed by atoms with Crippen LogP contribution >= 0.6 is 0 Å². The molecule has 4 nitrogen and oxygen atoms in total. The number of sulfone groups is 1. The fraction of sp³-hybridized carbons (Fsp3) is 0.600. The van der Waals surface area contributed by atoms with Crippen molar-refractivity contribution in [3.63, 3.8) is 0 Å². The van der Waals surface area contributed by atoms with Crippen molar-refractivity contribution in [3.8, 4) is 0 Å². The van der Waals surface area contributed by atoms with Crippen molar-refractivity contribution < 1.29 is 13.2 Å². The molecule has 1 fully saturated rings. The van der Waals surface area contributed by atoms with Crippen LogP contribution in [0.25, 0.3) is 0 Å². The van der Waals surface area contributed by atoms with Crippen LogP contribution in [0, 0.1) is 0 Å². The van der Waals surface area contributed by atoms with Crippen molar-refractivity contribution in [1.82, 2.24) is 5.32 Å². The second-order valence-corrected chi connectivity index (χ2v) is 7.61.